The molecule has 182 valence electrons. The molecule has 8 nitrogen and oxygen atoms in total. The molecule has 0 unspecified atom stereocenters. The second-order valence-corrected chi connectivity index (χ2v) is 8.07. The Morgan fingerprint density at radius 2 is 1.71 bits per heavy atom. The van der Waals surface area contributed by atoms with Gasteiger partial charge in [-0.1, -0.05) is 37.3 Å². The van der Waals surface area contributed by atoms with Gasteiger partial charge in [-0.05, 0) is 54.3 Å². The van der Waals surface area contributed by atoms with Gasteiger partial charge in [0.05, 0.1) is 17.7 Å². The third-order valence-corrected chi connectivity index (χ3v) is 5.45. The zero-order valence-corrected chi connectivity index (χ0v) is 19.7. The van der Waals surface area contributed by atoms with Crippen molar-refractivity contribution in [3.05, 3.63) is 106 Å². The van der Waals surface area contributed by atoms with Crippen LogP contribution in [0.4, 0.5) is 5.69 Å². The largest absolute Gasteiger partial charge is 0.467 e. The highest BCUT2D eigenvalue weighted by atomic mass is 16.6. The van der Waals surface area contributed by atoms with Crippen molar-refractivity contribution in [2.24, 2.45) is 0 Å². The Kier molecular flexibility index (Phi) is 9.36. The van der Waals surface area contributed by atoms with Crippen LogP contribution in [0.5, 0.6) is 0 Å². The zero-order valence-electron chi connectivity index (χ0n) is 19.7. The van der Waals surface area contributed by atoms with Gasteiger partial charge in [0.15, 0.2) is 0 Å². The summed E-state index contributed by atoms with van der Waals surface area (Å²) in [6.45, 7) is 3.15. The maximum Gasteiger partial charge on any atom is 0.269 e. The molecule has 35 heavy (non-hydrogen) atoms. The van der Waals surface area contributed by atoms with Crippen LogP contribution in [0.2, 0.25) is 0 Å². The zero-order chi connectivity index (χ0) is 25.0. The minimum absolute atomic E-state index is 0.0150. The number of rotatable bonds is 12. The highest BCUT2D eigenvalue weighted by Crippen LogP contribution is 2.14. The van der Waals surface area contributed by atoms with Crippen molar-refractivity contribution in [1.29, 1.82) is 0 Å². The lowest BCUT2D eigenvalue weighted by atomic mass is 10.1. The smallest absolute Gasteiger partial charge is 0.269 e. The number of hydrogen-bond donors (Lipinski definition) is 0. The fraction of sp³-hybridized carbons (Fsp3) is 0.259. The molecule has 0 spiro atoms. The third-order valence-electron chi connectivity index (χ3n) is 5.45. The van der Waals surface area contributed by atoms with Crippen LogP contribution >= 0.6 is 0 Å². The normalized spacial score (nSPS) is 10.9. The molecule has 8 heteroatoms. The molecule has 0 saturated carbocycles. The van der Waals surface area contributed by atoms with E-state index in [-0.39, 0.29) is 24.0 Å². The van der Waals surface area contributed by atoms with Gasteiger partial charge in [-0.15, -0.1) is 0 Å². The number of non-ortho nitro benzene ring substituents is 1. The van der Waals surface area contributed by atoms with Crippen LogP contribution in [0.25, 0.3) is 6.08 Å². The molecule has 2 aromatic carbocycles. The number of amides is 2. The van der Waals surface area contributed by atoms with E-state index in [4.69, 9.17) is 4.42 Å². The number of furan rings is 1. The molecule has 0 saturated heterocycles. The summed E-state index contributed by atoms with van der Waals surface area (Å²) in [6, 6.07) is 19.4. The minimum Gasteiger partial charge on any atom is -0.467 e. The van der Waals surface area contributed by atoms with E-state index >= 15 is 0 Å². The number of benzene rings is 2. The minimum atomic E-state index is -0.473. The van der Waals surface area contributed by atoms with Crippen molar-refractivity contribution >= 4 is 23.6 Å². The van der Waals surface area contributed by atoms with Crippen LogP contribution in [-0.4, -0.2) is 46.2 Å². The molecule has 1 heterocycles. The number of nitro groups is 1. The third kappa shape index (κ3) is 7.96. The van der Waals surface area contributed by atoms with Crippen molar-refractivity contribution in [1.82, 2.24) is 9.80 Å². The van der Waals surface area contributed by atoms with E-state index in [1.807, 2.05) is 43.3 Å². The summed E-state index contributed by atoms with van der Waals surface area (Å²) in [6.07, 6.45) is 5.95. The van der Waals surface area contributed by atoms with E-state index in [0.29, 0.717) is 43.8 Å². The number of nitrogens with zero attached hydrogens (tertiary/aromatic N) is 3. The lowest BCUT2D eigenvalue weighted by Crippen LogP contribution is -2.43. The van der Waals surface area contributed by atoms with E-state index in [9.17, 15) is 19.7 Å². The molecular weight excluding hydrogens is 446 g/mol. The fourth-order valence-electron chi connectivity index (χ4n) is 3.57. The molecule has 1 aromatic heterocycles. The van der Waals surface area contributed by atoms with Crippen LogP contribution in [-0.2, 0) is 22.6 Å². The Hall–Kier alpha value is -4.20. The van der Waals surface area contributed by atoms with E-state index < -0.39 is 4.92 Å². The highest BCUT2D eigenvalue weighted by Gasteiger charge is 2.21. The molecule has 0 radical (unpaired) electrons. The van der Waals surface area contributed by atoms with E-state index in [2.05, 4.69) is 0 Å². The molecule has 0 aliphatic heterocycles. The van der Waals surface area contributed by atoms with E-state index in [0.717, 1.165) is 5.56 Å². The van der Waals surface area contributed by atoms with Crippen molar-refractivity contribution in [3.8, 4) is 0 Å². The van der Waals surface area contributed by atoms with Gasteiger partial charge in [0.1, 0.15) is 12.3 Å². The summed E-state index contributed by atoms with van der Waals surface area (Å²) in [5.74, 6) is 0.222. The average molecular weight is 476 g/mol. The molecule has 0 atom stereocenters. The van der Waals surface area contributed by atoms with Gasteiger partial charge in [-0.25, -0.2) is 0 Å². The predicted molar refractivity (Wildman–Crippen MR) is 133 cm³/mol. The number of carbonyl (C=O) groups excluding carboxylic acids is 2. The first-order chi connectivity index (χ1) is 17.0. The second kappa shape index (κ2) is 12.9. The van der Waals surface area contributed by atoms with Crippen LogP contribution < -0.4 is 0 Å². The standard InChI is InChI=1S/C27H29N3O5/c1-2-17-28(26(31)15-12-23-10-13-24(14-11-23)30(33)34)21-27(32)29(20-25-9-6-19-35-25)18-16-22-7-4-3-5-8-22/h3-15,19H,2,16-18,20-21H2,1H3/b15-12+. The van der Waals surface area contributed by atoms with Gasteiger partial charge < -0.3 is 14.2 Å². The molecule has 0 aliphatic carbocycles. The van der Waals surface area contributed by atoms with Gasteiger partial charge in [0.25, 0.3) is 5.69 Å². The Morgan fingerprint density at radius 3 is 2.34 bits per heavy atom. The second-order valence-electron chi connectivity index (χ2n) is 8.07. The molecule has 0 fully saturated rings. The van der Waals surface area contributed by atoms with Crippen LogP contribution in [0, 0.1) is 10.1 Å². The quantitative estimate of drug-likeness (QED) is 0.215. The lowest BCUT2D eigenvalue weighted by Gasteiger charge is -2.26. The van der Waals surface area contributed by atoms with Crippen LogP contribution in [0.15, 0.2) is 83.5 Å². The summed E-state index contributed by atoms with van der Waals surface area (Å²) < 4.78 is 5.45. The summed E-state index contributed by atoms with van der Waals surface area (Å²) in [7, 11) is 0. The fourth-order valence-corrected chi connectivity index (χ4v) is 3.57. The number of carbonyl (C=O) groups is 2. The molecule has 3 rings (SSSR count). The van der Waals surface area contributed by atoms with Crippen molar-refractivity contribution < 1.29 is 18.9 Å². The summed E-state index contributed by atoms with van der Waals surface area (Å²) in [4.78, 5) is 39.7. The van der Waals surface area contributed by atoms with Gasteiger partial charge in [0, 0.05) is 31.3 Å². The Balaban J connectivity index is 1.67. The first kappa shape index (κ1) is 25.4. The maximum absolute atomic E-state index is 13.3. The van der Waals surface area contributed by atoms with Crippen molar-refractivity contribution in [3.63, 3.8) is 0 Å². The SMILES string of the molecule is CCCN(CC(=O)N(CCc1ccccc1)Cc1ccco1)C(=O)/C=C/c1ccc([N+](=O)[O-])cc1. The van der Waals surface area contributed by atoms with E-state index in [1.54, 1.807) is 35.4 Å². The van der Waals surface area contributed by atoms with Crippen LogP contribution in [0.3, 0.4) is 0 Å². The molecule has 0 bridgehead atoms. The van der Waals surface area contributed by atoms with E-state index in [1.165, 1.54) is 23.1 Å². The summed E-state index contributed by atoms with van der Waals surface area (Å²) in [5, 5.41) is 10.8. The van der Waals surface area contributed by atoms with Gasteiger partial charge in [-0.2, -0.15) is 0 Å². The molecule has 0 N–H and O–H groups in total. The summed E-state index contributed by atoms with van der Waals surface area (Å²) in [5.41, 5.74) is 1.77. The van der Waals surface area contributed by atoms with Gasteiger partial charge in [0.2, 0.25) is 11.8 Å². The average Bonchev–Trinajstić information content (AvgIpc) is 3.39. The first-order valence-electron chi connectivity index (χ1n) is 11.5. The van der Waals surface area contributed by atoms with Crippen LogP contribution in [0.1, 0.15) is 30.2 Å². The molecule has 3 aromatic rings. The van der Waals surface area contributed by atoms with Crippen molar-refractivity contribution in [2.45, 2.75) is 26.3 Å². The Labute approximate surface area is 204 Å². The van der Waals surface area contributed by atoms with Crippen molar-refractivity contribution in [2.75, 3.05) is 19.6 Å². The number of nitro benzene ring substituents is 1. The Bertz CT molecular complexity index is 1130. The Morgan fingerprint density at radius 1 is 0.971 bits per heavy atom. The summed E-state index contributed by atoms with van der Waals surface area (Å²) >= 11 is 0. The molecule has 0 aliphatic rings. The molecule has 2 amide bonds. The monoisotopic (exact) mass is 475 g/mol. The van der Waals surface area contributed by atoms with Gasteiger partial charge >= 0.3 is 0 Å². The first-order valence-corrected chi connectivity index (χ1v) is 11.5. The van der Waals surface area contributed by atoms with Gasteiger partial charge in [-0.3, -0.25) is 19.7 Å². The maximum atomic E-state index is 13.3. The number of hydrogen-bond acceptors (Lipinski definition) is 5. The highest BCUT2D eigenvalue weighted by molar-refractivity contribution is 5.94. The topological polar surface area (TPSA) is 96.9 Å². The predicted octanol–water partition coefficient (Wildman–Crippen LogP) is 4.71. The lowest BCUT2D eigenvalue weighted by molar-refractivity contribution is -0.384. The molecular formula is C27H29N3O5.